The van der Waals surface area contributed by atoms with E-state index in [0.29, 0.717) is 24.0 Å². The average Bonchev–Trinajstić information content (AvgIpc) is 2.78. The van der Waals surface area contributed by atoms with Gasteiger partial charge in [-0.3, -0.25) is 0 Å². The molecular formula is C23H26FN7O. The lowest BCUT2D eigenvalue weighted by Crippen LogP contribution is -2.52. The molecule has 2 aliphatic rings. The predicted molar refractivity (Wildman–Crippen MR) is 119 cm³/mol. The first-order valence-corrected chi connectivity index (χ1v) is 11.0. The van der Waals surface area contributed by atoms with Crippen LogP contribution in [0.4, 0.5) is 15.9 Å². The Hall–Kier alpha value is -3.20. The number of methoxy groups -OCH3 is 1. The number of rotatable bonds is 6. The van der Waals surface area contributed by atoms with Crippen LogP contribution >= 0.6 is 0 Å². The highest BCUT2D eigenvalue weighted by Gasteiger charge is 2.31. The minimum atomic E-state index is -0.468. The van der Waals surface area contributed by atoms with Gasteiger partial charge >= 0.3 is 0 Å². The molecular weight excluding hydrogens is 409 g/mol. The van der Waals surface area contributed by atoms with Gasteiger partial charge in [-0.05, 0) is 12.5 Å². The molecule has 0 saturated carbocycles. The second kappa shape index (κ2) is 8.74. The third kappa shape index (κ3) is 4.00. The molecule has 1 fully saturated rings. The highest BCUT2D eigenvalue weighted by Crippen LogP contribution is 2.34. The van der Waals surface area contributed by atoms with Crippen LogP contribution in [0.2, 0.25) is 0 Å². The molecule has 166 valence electrons. The molecule has 1 unspecified atom stereocenters. The van der Waals surface area contributed by atoms with Gasteiger partial charge in [-0.25, -0.2) is 24.9 Å². The third-order valence-electron chi connectivity index (χ3n) is 6.13. The Morgan fingerprint density at radius 1 is 1.03 bits per heavy atom. The number of hydrogen-bond acceptors (Lipinski definition) is 8. The Morgan fingerprint density at radius 3 is 2.59 bits per heavy atom. The van der Waals surface area contributed by atoms with Crippen LogP contribution < -0.4 is 9.80 Å². The Morgan fingerprint density at radius 2 is 1.84 bits per heavy atom. The summed E-state index contributed by atoms with van der Waals surface area (Å²) in [6.45, 7) is 5.00. The molecule has 3 aromatic heterocycles. The van der Waals surface area contributed by atoms with Gasteiger partial charge in [0, 0.05) is 81.2 Å². The van der Waals surface area contributed by atoms with E-state index in [2.05, 4.69) is 36.7 Å². The molecule has 2 aliphatic heterocycles. The second-order valence-electron chi connectivity index (χ2n) is 8.31. The Kier molecular flexibility index (Phi) is 5.65. The topological polar surface area (TPSA) is 80.2 Å². The fraction of sp³-hybridized carbons (Fsp3) is 0.435. The summed E-state index contributed by atoms with van der Waals surface area (Å²) in [6, 6.07) is 5.23. The van der Waals surface area contributed by atoms with Crippen molar-refractivity contribution in [1.29, 1.82) is 0 Å². The van der Waals surface area contributed by atoms with E-state index in [1.54, 1.807) is 25.6 Å². The molecule has 0 N–H and O–H groups in total. The first-order valence-electron chi connectivity index (χ1n) is 11.0. The molecule has 0 bridgehead atoms. The van der Waals surface area contributed by atoms with Crippen LogP contribution in [-0.2, 0) is 11.3 Å². The SMILES string of the molecule is CCCC1CN(c2cc(N3CC(OC)C3)cc(F)n2)Cc2cnc(-c3ncccn3)nc21. The first-order chi connectivity index (χ1) is 15.6. The quantitative estimate of drug-likeness (QED) is 0.546. The maximum Gasteiger partial charge on any atom is 0.216 e. The number of ether oxygens (including phenoxy) is 1. The lowest BCUT2D eigenvalue weighted by molar-refractivity contribution is 0.0787. The molecule has 1 atom stereocenters. The van der Waals surface area contributed by atoms with E-state index < -0.39 is 5.95 Å². The molecule has 0 aliphatic carbocycles. The van der Waals surface area contributed by atoms with Crippen LogP contribution in [0, 0.1) is 5.95 Å². The molecule has 5 rings (SSSR count). The molecule has 32 heavy (non-hydrogen) atoms. The van der Waals surface area contributed by atoms with Crippen LogP contribution in [0.5, 0.6) is 0 Å². The lowest BCUT2D eigenvalue weighted by atomic mass is 9.91. The first kappa shape index (κ1) is 20.7. The molecule has 0 amide bonds. The molecule has 5 heterocycles. The Bertz CT molecular complexity index is 1090. The number of anilines is 2. The van der Waals surface area contributed by atoms with Crippen molar-refractivity contribution in [2.24, 2.45) is 0 Å². The van der Waals surface area contributed by atoms with Crippen molar-refractivity contribution in [3.63, 3.8) is 0 Å². The van der Waals surface area contributed by atoms with Gasteiger partial charge in [-0.15, -0.1) is 0 Å². The molecule has 8 nitrogen and oxygen atoms in total. The molecule has 1 saturated heterocycles. The summed E-state index contributed by atoms with van der Waals surface area (Å²) in [7, 11) is 1.71. The average molecular weight is 436 g/mol. The number of pyridine rings is 1. The van der Waals surface area contributed by atoms with Crippen molar-refractivity contribution >= 4 is 11.5 Å². The maximum absolute atomic E-state index is 14.4. The standard InChI is InChI=1S/C23H26FN7O/c1-3-5-15-11-31(20-9-17(8-19(24)28-20)30-13-18(14-30)32-2)12-16-10-27-23(29-21(15)16)22-25-6-4-7-26-22/h4,6-10,15,18H,3,5,11-14H2,1-2H3. The van der Waals surface area contributed by atoms with E-state index in [-0.39, 0.29) is 12.0 Å². The number of halogens is 1. The van der Waals surface area contributed by atoms with Gasteiger partial charge < -0.3 is 14.5 Å². The summed E-state index contributed by atoms with van der Waals surface area (Å²) in [4.78, 5) is 26.4. The lowest BCUT2D eigenvalue weighted by Gasteiger charge is -2.40. The summed E-state index contributed by atoms with van der Waals surface area (Å²) in [5.74, 6) is 1.43. The third-order valence-corrected chi connectivity index (χ3v) is 6.13. The van der Waals surface area contributed by atoms with Gasteiger partial charge in [0.05, 0.1) is 11.8 Å². The van der Waals surface area contributed by atoms with Crippen molar-refractivity contribution in [1.82, 2.24) is 24.9 Å². The van der Waals surface area contributed by atoms with Crippen LogP contribution in [0.1, 0.15) is 36.9 Å². The zero-order chi connectivity index (χ0) is 22.1. The summed E-state index contributed by atoms with van der Waals surface area (Å²) in [5, 5.41) is 0. The van der Waals surface area contributed by atoms with Crippen LogP contribution in [0.3, 0.4) is 0 Å². The van der Waals surface area contributed by atoms with E-state index in [1.165, 1.54) is 6.07 Å². The largest absolute Gasteiger partial charge is 0.378 e. The van der Waals surface area contributed by atoms with Crippen LogP contribution in [-0.4, -0.2) is 57.8 Å². The fourth-order valence-corrected chi connectivity index (χ4v) is 4.40. The Balaban J connectivity index is 1.44. The molecule has 9 heteroatoms. The zero-order valence-electron chi connectivity index (χ0n) is 18.3. The maximum atomic E-state index is 14.4. The van der Waals surface area contributed by atoms with E-state index in [9.17, 15) is 4.39 Å². The highest BCUT2D eigenvalue weighted by molar-refractivity contribution is 5.58. The van der Waals surface area contributed by atoms with E-state index in [0.717, 1.165) is 49.4 Å². The van der Waals surface area contributed by atoms with Crippen molar-refractivity contribution in [3.05, 3.63) is 54.0 Å². The van der Waals surface area contributed by atoms with Crippen LogP contribution in [0.25, 0.3) is 11.6 Å². The minimum absolute atomic E-state index is 0.199. The number of aromatic nitrogens is 5. The number of nitrogens with zero attached hydrogens (tertiary/aromatic N) is 7. The van der Waals surface area contributed by atoms with Gasteiger partial charge in [-0.1, -0.05) is 13.3 Å². The van der Waals surface area contributed by atoms with Crippen molar-refractivity contribution in [3.8, 4) is 11.6 Å². The predicted octanol–water partition coefficient (Wildman–Crippen LogP) is 3.21. The van der Waals surface area contributed by atoms with E-state index >= 15 is 0 Å². The number of fused-ring (bicyclic) bond motifs is 1. The Labute approximate surface area is 186 Å². The smallest absolute Gasteiger partial charge is 0.216 e. The molecule has 3 aromatic rings. The monoisotopic (exact) mass is 435 g/mol. The van der Waals surface area contributed by atoms with Crippen molar-refractivity contribution in [2.45, 2.75) is 38.3 Å². The van der Waals surface area contributed by atoms with Crippen molar-refractivity contribution in [2.75, 3.05) is 36.5 Å². The summed E-state index contributed by atoms with van der Waals surface area (Å²) in [6.07, 6.45) is 7.42. The summed E-state index contributed by atoms with van der Waals surface area (Å²) >= 11 is 0. The normalized spacial score (nSPS) is 18.4. The van der Waals surface area contributed by atoms with Gasteiger partial charge in [-0.2, -0.15) is 4.39 Å². The van der Waals surface area contributed by atoms with E-state index in [4.69, 9.17) is 9.72 Å². The zero-order valence-corrected chi connectivity index (χ0v) is 18.3. The summed E-state index contributed by atoms with van der Waals surface area (Å²) in [5.41, 5.74) is 2.90. The molecule has 0 spiro atoms. The summed E-state index contributed by atoms with van der Waals surface area (Å²) < 4.78 is 19.8. The molecule has 0 aromatic carbocycles. The van der Waals surface area contributed by atoms with E-state index in [1.807, 2.05) is 12.3 Å². The second-order valence-corrected chi connectivity index (χ2v) is 8.31. The van der Waals surface area contributed by atoms with Gasteiger partial charge in [0.15, 0.2) is 11.6 Å². The van der Waals surface area contributed by atoms with Gasteiger partial charge in [0.2, 0.25) is 5.95 Å². The molecule has 0 radical (unpaired) electrons. The minimum Gasteiger partial charge on any atom is -0.378 e. The fourth-order valence-electron chi connectivity index (χ4n) is 4.40. The van der Waals surface area contributed by atoms with Gasteiger partial charge in [0.1, 0.15) is 5.82 Å². The van der Waals surface area contributed by atoms with Gasteiger partial charge in [0.25, 0.3) is 0 Å². The van der Waals surface area contributed by atoms with Crippen LogP contribution in [0.15, 0.2) is 36.8 Å². The highest BCUT2D eigenvalue weighted by atomic mass is 19.1. The number of hydrogen-bond donors (Lipinski definition) is 0. The van der Waals surface area contributed by atoms with Crippen molar-refractivity contribution < 1.29 is 9.13 Å².